The number of rotatable bonds is 3. The molecule has 0 spiro atoms. The lowest BCUT2D eigenvalue weighted by atomic mass is 10.1. The van der Waals surface area contributed by atoms with Crippen molar-refractivity contribution in [1.82, 2.24) is 4.98 Å². The molecule has 0 saturated heterocycles. The summed E-state index contributed by atoms with van der Waals surface area (Å²) in [6, 6.07) is 8.93. The molecule has 0 fully saturated rings. The summed E-state index contributed by atoms with van der Waals surface area (Å²) >= 11 is 0. The lowest BCUT2D eigenvalue weighted by molar-refractivity contribution is 0.0602. The van der Waals surface area contributed by atoms with Crippen LogP contribution < -0.4 is 10.7 Å². The zero-order valence-corrected chi connectivity index (χ0v) is 10.7. The van der Waals surface area contributed by atoms with E-state index >= 15 is 0 Å². The van der Waals surface area contributed by atoms with E-state index in [1.807, 2.05) is 0 Å². The molecular formula is C14H12N2O4. The number of amides is 1. The molecular weight excluding hydrogens is 260 g/mol. The first-order valence-electron chi connectivity index (χ1n) is 5.79. The highest BCUT2D eigenvalue weighted by Gasteiger charge is 2.14. The van der Waals surface area contributed by atoms with Crippen molar-refractivity contribution in [3.63, 3.8) is 0 Å². The first-order chi connectivity index (χ1) is 9.61. The van der Waals surface area contributed by atoms with E-state index in [4.69, 9.17) is 0 Å². The third kappa shape index (κ3) is 2.92. The lowest BCUT2D eigenvalue weighted by Crippen LogP contribution is -2.18. The van der Waals surface area contributed by atoms with Gasteiger partial charge >= 0.3 is 5.97 Å². The van der Waals surface area contributed by atoms with E-state index in [9.17, 15) is 14.4 Å². The zero-order valence-electron chi connectivity index (χ0n) is 10.7. The Hall–Kier alpha value is -2.89. The Kier molecular flexibility index (Phi) is 3.95. The molecule has 6 heteroatoms. The number of esters is 1. The quantitative estimate of drug-likeness (QED) is 0.827. The summed E-state index contributed by atoms with van der Waals surface area (Å²) in [4.78, 5) is 37.4. The summed E-state index contributed by atoms with van der Waals surface area (Å²) in [6.45, 7) is 0. The molecule has 0 bridgehead atoms. The monoisotopic (exact) mass is 272 g/mol. The standard InChI is InChI=1S/C14H12N2O4/c1-20-14(19)10-4-2-3-5-11(10)16-13(18)12-8-9(17)6-7-15-12/h2-8H,1H3,(H,15,17)(H,16,18). The van der Waals surface area contributed by atoms with Crippen molar-refractivity contribution in [1.29, 1.82) is 0 Å². The SMILES string of the molecule is COC(=O)c1ccccc1NC(=O)c1cc(=O)cc[nH]1. The second-order valence-corrected chi connectivity index (χ2v) is 3.93. The number of aromatic amines is 1. The highest BCUT2D eigenvalue weighted by atomic mass is 16.5. The molecule has 6 nitrogen and oxygen atoms in total. The maximum absolute atomic E-state index is 12.0. The van der Waals surface area contributed by atoms with Crippen molar-refractivity contribution in [2.45, 2.75) is 0 Å². The van der Waals surface area contributed by atoms with Gasteiger partial charge in [-0.25, -0.2) is 4.79 Å². The molecule has 1 heterocycles. The number of ether oxygens (including phenoxy) is 1. The normalized spacial score (nSPS) is 9.85. The van der Waals surface area contributed by atoms with Crippen LogP contribution in [0.15, 0.2) is 47.4 Å². The van der Waals surface area contributed by atoms with Gasteiger partial charge in [-0.3, -0.25) is 9.59 Å². The number of benzene rings is 1. The number of nitrogens with one attached hydrogen (secondary N) is 2. The Labute approximate surface area is 114 Å². The number of aromatic nitrogens is 1. The second kappa shape index (κ2) is 5.83. The average Bonchev–Trinajstić information content (AvgIpc) is 2.47. The van der Waals surface area contributed by atoms with E-state index in [0.29, 0.717) is 5.69 Å². The van der Waals surface area contributed by atoms with Crippen molar-refractivity contribution < 1.29 is 14.3 Å². The van der Waals surface area contributed by atoms with E-state index in [-0.39, 0.29) is 16.7 Å². The summed E-state index contributed by atoms with van der Waals surface area (Å²) in [5, 5.41) is 2.56. The Bertz CT molecular complexity index is 706. The third-order valence-electron chi connectivity index (χ3n) is 2.60. The number of carbonyl (C=O) groups excluding carboxylic acids is 2. The molecule has 2 N–H and O–H groups in total. The Morgan fingerprint density at radius 2 is 1.95 bits per heavy atom. The van der Waals surface area contributed by atoms with Gasteiger partial charge in [-0.05, 0) is 12.1 Å². The predicted molar refractivity (Wildman–Crippen MR) is 72.8 cm³/mol. The molecule has 0 atom stereocenters. The Morgan fingerprint density at radius 3 is 2.65 bits per heavy atom. The number of methoxy groups -OCH3 is 1. The van der Waals surface area contributed by atoms with Gasteiger partial charge in [-0.2, -0.15) is 0 Å². The van der Waals surface area contributed by atoms with Crippen LogP contribution in [0, 0.1) is 0 Å². The second-order valence-electron chi connectivity index (χ2n) is 3.93. The van der Waals surface area contributed by atoms with Crippen LogP contribution in [0.4, 0.5) is 5.69 Å². The fourth-order valence-corrected chi connectivity index (χ4v) is 1.65. The molecule has 20 heavy (non-hydrogen) atoms. The number of pyridine rings is 1. The van der Waals surface area contributed by atoms with Crippen LogP contribution in [-0.2, 0) is 4.74 Å². The van der Waals surface area contributed by atoms with Gasteiger partial charge < -0.3 is 15.0 Å². The van der Waals surface area contributed by atoms with Crippen LogP contribution in [0.5, 0.6) is 0 Å². The number of para-hydroxylation sites is 1. The summed E-state index contributed by atoms with van der Waals surface area (Å²) in [7, 11) is 1.26. The minimum atomic E-state index is -0.553. The van der Waals surface area contributed by atoms with Crippen molar-refractivity contribution in [2.24, 2.45) is 0 Å². The maximum atomic E-state index is 12.0. The van der Waals surface area contributed by atoms with Crippen LogP contribution in [0.1, 0.15) is 20.8 Å². The van der Waals surface area contributed by atoms with Gasteiger partial charge in [-0.15, -0.1) is 0 Å². The molecule has 0 saturated carbocycles. The van der Waals surface area contributed by atoms with Gasteiger partial charge in [0.05, 0.1) is 18.4 Å². The largest absolute Gasteiger partial charge is 0.465 e. The lowest BCUT2D eigenvalue weighted by Gasteiger charge is -2.09. The molecule has 1 aromatic carbocycles. The van der Waals surface area contributed by atoms with Gasteiger partial charge in [-0.1, -0.05) is 12.1 Å². The summed E-state index contributed by atoms with van der Waals surface area (Å²) in [6.07, 6.45) is 1.38. The van der Waals surface area contributed by atoms with Crippen LogP contribution in [-0.4, -0.2) is 24.0 Å². The number of hydrogen-bond acceptors (Lipinski definition) is 4. The number of H-pyrrole nitrogens is 1. The number of anilines is 1. The molecule has 0 radical (unpaired) electrons. The number of carbonyl (C=O) groups is 2. The van der Waals surface area contributed by atoms with Gasteiger partial charge in [0, 0.05) is 18.3 Å². The first kappa shape index (κ1) is 13.5. The van der Waals surface area contributed by atoms with Gasteiger partial charge in [0.2, 0.25) is 0 Å². The predicted octanol–water partition coefficient (Wildman–Crippen LogP) is 1.41. The summed E-state index contributed by atoms with van der Waals surface area (Å²) in [5.74, 6) is -1.07. The molecule has 1 amide bonds. The third-order valence-corrected chi connectivity index (χ3v) is 2.60. The molecule has 102 valence electrons. The first-order valence-corrected chi connectivity index (χ1v) is 5.79. The van der Waals surface area contributed by atoms with E-state index in [1.165, 1.54) is 31.5 Å². The van der Waals surface area contributed by atoms with Crippen LogP contribution in [0.25, 0.3) is 0 Å². The van der Waals surface area contributed by atoms with E-state index in [2.05, 4.69) is 15.0 Å². The van der Waals surface area contributed by atoms with Crippen molar-refractivity contribution in [3.05, 3.63) is 64.1 Å². The highest BCUT2D eigenvalue weighted by Crippen LogP contribution is 2.16. The minimum absolute atomic E-state index is 0.108. The summed E-state index contributed by atoms with van der Waals surface area (Å²) in [5.41, 5.74) is 0.378. The van der Waals surface area contributed by atoms with Crippen molar-refractivity contribution in [2.75, 3.05) is 12.4 Å². The number of hydrogen-bond donors (Lipinski definition) is 2. The van der Waals surface area contributed by atoms with Gasteiger partial charge in [0.25, 0.3) is 5.91 Å². The van der Waals surface area contributed by atoms with E-state index in [0.717, 1.165) is 0 Å². The molecule has 2 rings (SSSR count). The van der Waals surface area contributed by atoms with Crippen LogP contribution in [0.2, 0.25) is 0 Å². The smallest absolute Gasteiger partial charge is 0.339 e. The molecule has 2 aromatic rings. The Balaban J connectivity index is 2.29. The van der Waals surface area contributed by atoms with Crippen LogP contribution in [0.3, 0.4) is 0 Å². The molecule has 1 aromatic heterocycles. The van der Waals surface area contributed by atoms with Crippen molar-refractivity contribution in [3.8, 4) is 0 Å². The fourth-order valence-electron chi connectivity index (χ4n) is 1.65. The van der Waals surface area contributed by atoms with Gasteiger partial charge in [0.15, 0.2) is 5.43 Å². The molecule has 0 aliphatic heterocycles. The van der Waals surface area contributed by atoms with Crippen molar-refractivity contribution >= 4 is 17.6 Å². The molecule has 0 unspecified atom stereocenters. The zero-order chi connectivity index (χ0) is 14.5. The maximum Gasteiger partial charge on any atom is 0.339 e. The summed E-state index contributed by atoms with van der Waals surface area (Å²) < 4.78 is 4.64. The van der Waals surface area contributed by atoms with Crippen LogP contribution >= 0.6 is 0 Å². The average molecular weight is 272 g/mol. The Morgan fingerprint density at radius 1 is 1.20 bits per heavy atom. The van der Waals surface area contributed by atoms with E-state index in [1.54, 1.807) is 18.2 Å². The fraction of sp³-hybridized carbons (Fsp3) is 0.0714. The minimum Gasteiger partial charge on any atom is -0.465 e. The topological polar surface area (TPSA) is 88.3 Å². The van der Waals surface area contributed by atoms with Gasteiger partial charge in [0.1, 0.15) is 5.69 Å². The molecule has 0 aliphatic rings. The highest BCUT2D eigenvalue weighted by molar-refractivity contribution is 6.06. The van der Waals surface area contributed by atoms with E-state index < -0.39 is 11.9 Å². The molecule has 0 aliphatic carbocycles.